The Morgan fingerprint density at radius 1 is 1.56 bits per heavy atom. The first-order valence-corrected chi connectivity index (χ1v) is 6.02. The lowest BCUT2D eigenvalue weighted by molar-refractivity contribution is 0.0767. The van der Waals surface area contributed by atoms with Crippen LogP contribution in [-0.2, 0) is 4.74 Å². The second kappa shape index (κ2) is 4.71. The second-order valence-corrected chi connectivity index (χ2v) is 5.05. The average molecular weight is 249 g/mol. The van der Waals surface area contributed by atoms with Crippen LogP contribution in [0, 0.1) is 12.3 Å². The number of rotatable bonds is 3. The minimum atomic E-state index is -0.626. The van der Waals surface area contributed by atoms with Gasteiger partial charge in [-0.2, -0.15) is 0 Å². The lowest BCUT2D eigenvalue weighted by atomic mass is 9.77. The molecule has 2 rings (SSSR count). The molecule has 1 aromatic carbocycles. The van der Waals surface area contributed by atoms with E-state index in [1.807, 2.05) is 19.9 Å². The molecule has 4 heteroatoms. The Hall–Kier alpha value is -1.39. The normalized spacial score (nSPS) is 27.2. The van der Waals surface area contributed by atoms with Crippen LogP contribution in [0.25, 0.3) is 0 Å². The summed E-state index contributed by atoms with van der Waals surface area (Å²) in [7, 11) is 1.61. The van der Waals surface area contributed by atoms with Crippen molar-refractivity contribution >= 4 is 5.78 Å². The molecule has 1 saturated heterocycles. The summed E-state index contributed by atoms with van der Waals surface area (Å²) in [5.74, 6) is 0.800. The quantitative estimate of drug-likeness (QED) is 0.826. The van der Waals surface area contributed by atoms with Crippen molar-refractivity contribution in [2.45, 2.75) is 19.9 Å². The van der Waals surface area contributed by atoms with Crippen LogP contribution in [0.15, 0.2) is 18.2 Å². The van der Waals surface area contributed by atoms with E-state index in [0.29, 0.717) is 18.8 Å². The standard InChI is InChI=1S/C14H19NO3/c1-9-6-10(17-3)4-5-11(9)13(16)14(2)8-18-7-12(14)15/h4-6,12H,7-8,15H2,1-3H3. The summed E-state index contributed by atoms with van der Waals surface area (Å²) in [6, 6.07) is 5.21. The largest absolute Gasteiger partial charge is 0.497 e. The number of ether oxygens (including phenoxy) is 2. The summed E-state index contributed by atoms with van der Waals surface area (Å²) in [4.78, 5) is 12.6. The van der Waals surface area contributed by atoms with Crippen LogP contribution in [-0.4, -0.2) is 32.1 Å². The van der Waals surface area contributed by atoms with E-state index in [0.717, 1.165) is 11.3 Å². The fourth-order valence-electron chi connectivity index (χ4n) is 2.25. The molecule has 2 unspecified atom stereocenters. The van der Waals surface area contributed by atoms with Crippen LogP contribution >= 0.6 is 0 Å². The molecule has 1 aliphatic heterocycles. The van der Waals surface area contributed by atoms with Crippen molar-refractivity contribution in [2.75, 3.05) is 20.3 Å². The highest BCUT2D eigenvalue weighted by molar-refractivity contribution is 6.02. The van der Waals surface area contributed by atoms with Gasteiger partial charge in [-0.15, -0.1) is 0 Å². The molecule has 1 aliphatic rings. The molecule has 98 valence electrons. The van der Waals surface area contributed by atoms with Crippen molar-refractivity contribution in [3.63, 3.8) is 0 Å². The first-order chi connectivity index (χ1) is 8.49. The van der Waals surface area contributed by atoms with Gasteiger partial charge in [-0.05, 0) is 37.6 Å². The summed E-state index contributed by atoms with van der Waals surface area (Å²) in [6.45, 7) is 4.60. The van der Waals surface area contributed by atoms with Gasteiger partial charge in [-0.25, -0.2) is 0 Å². The zero-order chi connectivity index (χ0) is 13.3. The maximum absolute atomic E-state index is 12.6. The molecule has 0 aliphatic carbocycles. The van der Waals surface area contributed by atoms with Crippen LogP contribution in [0.5, 0.6) is 5.75 Å². The van der Waals surface area contributed by atoms with Gasteiger partial charge in [0.15, 0.2) is 5.78 Å². The molecule has 0 radical (unpaired) electrons. The van der Waals surface area contributed by atoms with Crippen LogP contribution in [0.3, 0.4) is 0 Å². The Bertz CT molecular complexity index is 472. The zero-order valence-corrected chi connectivity index (χ0v) is 11.0. The lowest BCUT2D eigenvalue weighted by Crippen LogP contribution is -2.44. The third-order valence-electron chi connectivity index (χ3n) is 3.71. The molecule has 1 fully saturated rings. The fraction of sp³-hybridized carbons (Fsp3) is 0.500. The van der Waals surface area contributed by atoms with Gasteiger partial charge in [0.2, 0.25) is 0 Å². The van der Waals surface area contributed by atoms with Crippen molar-refractivity contribution in [2.24, 2.45) is 11.1 Å². The van der Waals surface area contributed by atoms with Gasteiger partial charge in [0.25, 0.3) is 0 Å². The Morgan fingerprint density at radius 3 is 2.78 bits per heavy atom. The van der Waals surface area contributed by atoms with Crippen molar-refractivity contribution in [1.29, 1.82) is 0 Å². The number of carbonyl (C=O) groups excluding carboxylic acids is 1. The Balaban J connectivity index is 2.34. The average Bonchev–Trinajstić information content (AvgIpc) is 2.70. The molecule has 2 N–H and O–H groups in total. The SMILES string of the molecule is COc1ccc(C(=O)C2(C)COCC2N)c(C)c1. The number of aryl methyl sites for hydroxylation is 1. The first-order valence-electron chi connectivity index (χ1n) is 6.02. The number of ketones is 1. The Kier molecular flexibility index (Phi) is 3.41. The number of nitrogens with two attached hydrogens (primary N) is 1. The zero-order valence-electron chi connectivity index (χ0n) is 11.0. The second-order valence-electron chi connectivity index (χ2n) is 5.05. The van der Waals surface area contributed by atoms with Gasteiger partial charge >= 0.3 is 0 Å². The van der Waals surface area contributed by atoms with E-state index in [9.17, 15) is 4.79 Å². The molecule has 0 saturated carbocycles. The van der Waals surface area contributed by atoms with Crippen LogP contribution in [0.4, 0.5) is 0 Å². The minimum Gasteiger partial charge on any atom is -0.497 e. The van der Waals surface area contributed by atoms with Crippen molar-refractivity contribution in [1.82, 2.24) is 0 Å². The predicted molar refractivity (Wildman–Crippen MR) is 69.0 cm³/mol. The van der Waals surface area contributed by atoms with Crippen molar-refractivity contribution < 1.29 is 14.3 Å². The molecule has 0 aromatic heterocycles. The number of methoxy groups -OCH3 is 1. The summed E-state index contributed by atoms with van der Waals surface area (Å²) in [5.41, 5.74) is 6.96. The molecule has 0 bridgehead atoms. The van der Waals surface area contributed by atoms with E-state index in [1.54, 1.807) is 19.2 Å². The number of benzene rings is 1. The monoisotopic (exact) mass is 249 g/mol. The van der Waals surface area contributed by atoms with Crippen molar-refractivity contribution in [3.8, 4) is 5.75 Å². The summed E-state index contributed by atoms with van der Waals surface area (Å²) in [6.07, 6.45) is 0. The van der Waals surface area contributed by atoms with Crippen molar-refractivity contribution in [3.05, 3.63) is 29.3 Å². The molecule has 1 heterocycles. The third-order valence-corrected chi connectivity index (χ3v) is 3.71. The molecular weight excluding hydrogens is 230 g/mol. The molecule has 2 atom stereocenters. The van der Waals surface area contributed by atoms with Crippen LogP contribution < -0.4 is 10.5 Å². The van der Waals surface area contributed by atoms with E-state index in [4.69, 9.17) is 15.2 Å². The minimum absolute atomic E-state index is 0.0488. The highest BCUT2D eigenvalue weighted by atomic mass is 16.5. The number of Topliss-reactive ketones (excluding diaryl/α,β-unsaturated/α-hetero) is 1. The van der Waals surface area contributed by atoms with Gasteiger partial charge in [0, 0.05) is 11.6 Å². The van der Waals surface area contributed by atoms with Crippen LogP contribution in [0.1, 0.15) is 22.8 Å². The third kappa shape index (κ3) is 2.02. The summed E-state index contributed by atoms with van der Waals surface area (Å²) >= 11 is 0. The molecule has 0 spiro atoms. The van der Waals surface area contributed by atoms with E-state index in [-0.39, 0.29) is 11.8 Å². The van der Waals surface area contributed by atoms with E-state index >= 15 is 0 Å². The lowest BCUT2D eigenvalue weighted by Gasteiger charge is -2.26. The molecule has 18 heavy (non-hydrogen) atoms. The molecule has 0 amide bonds. The molecular formula is C14H19NO3. The number of carbonyl (C=O) groups is 1. The summed E-state index contributed by atoms with van der Waals surface area (Å²) < 4.78 is 10.5. The Labute approximate surface area is 107 Å². The van der Waals surface area contributed by atoms with E-state index in [2.05, 4.69) is 0 Å². The first kappa shape index (κ1) is 13.1. The highest BCUT2D eigenvalue weighted by Crippen LogP contribution is 2.32. The van der Waals surface area contributed by atoms with Gasteiger partial charge in [-0.1, -0.05) is 0 Å². The fourth-order valence-corrected chi connectivity index (χ4v) is 2.25. The number of hydrogen-bond acceptors (Lipinski definition) is 4. The maximum atomic E-state index is 12.6. The maximum Gasteiger partial charge on any atom is 0.172 e. The van der Waals surface area contributed by atoms with Gasteiger partial charge < -0.3 is 15.2 Å². The molecule has 1 aromatic rings. The smallest absolute Gasteiger partial charge is 0.172 e. The van der Waals surface area contributed by atoms with Gasteiger partial charge in [0.1, 0.15) is 5.75 Å². The highest BCUT2D eigenvalue weighted by Gasteiger charge is 2.44. The van der Waals surface area contributed by atoms with E-state index in [1.165, 1.54) is 0 Å². The Morgan fingerprint density at radius 2 is 2.28 bits per heavy atom. The summed E-state index contributed by atoms with van der Waals surface area (Å²) in [5, 5.41) is 0. The molecule has 4 nitrogen and oxygen atoms in total. The topological polar surface area (TPSA) is 61.5 Å². The predicted octanol–water partition coefficient (Wildman–Crippen LogP) is 1.55. The number of hydrogen-bond donors (Lipinski definition) is 1. The van der Waals surface area contributed by atoms with Gasteiger partial charge in [-0.3, -0.25) is 4.79 Å². The van der Waals surface area contributed by atoms with Crippen LogP contribution in [0.2, 0.25) is 0 Å². The van der Waals surface area contributed by atoms with Gasteiger partial charge in [0.05, 0.1) is 25.7 Å². The van der Waals surface area contributed by atoms with E-state index < -0.39 is 5.41 Å².